The number of rotatable bonds is 6. The van der Waals surface area contributed by atoms with E-state index in [0.717, 1.165) is 4.90 Å². The molecule has 6 nitrogen and oxygen atoms in total. The molecule has 1 aliphatic heterocycles. The zero-order chi connectivity index (χ0) is 21.2. The van der Waals surface area contributed by atoms with Crippen molar-refractivity contribution in [2.75, 3.05) is 13.1 Å². The molecule has 0 radical (unpaired) electrons. The summed E-state index contributed by atoms with van der Waals surface area (Å²) in [6, 6.07) is 14.6. The van der Waals surface area contributed by atoms with Gasteiger partial charge in [-0.2, -0.15) is 0 Å². The van der Waals surface area contributed by atoms with Gasteiger partial charge in [0.05, 0.1) is 0 Å². The molecule has 2 aromatic rings. The van der Waals surface area contributed by atoms with Gasteiger partial charge >= 0.3 is 6.03 Å². The quantitative estimate of drug-likeness (QED) is 0.736. The first-order valence-corrected chi connectivity index (χ1v) is 9.36. The molecule has 1 fully saturated rings. The van der Waals surface area contributed by atoms with E-state index in [1.54, 1.807) is 49.4 Å². The number of urea groups is 1. The molecule has 0 aromatic heterocycles. The second-order valence-electron chi connectivity index (χ2n) is 7.95. The van der Waals surface area contributed by atoms with Gasteiger partial charge in [0.1, 0.15) is 17.9 Å². The van der Waals surface area contributed by atoms with Gasteiger partial charge in [0.15, 0.2) is 0 Å². The number of nitrogens with one attached hydrogen (secondary N) is 2. The van der Waals surface area contributed by atoms with Crippen LogP contribution in [-0.2, 0) is 20.5 Å². The fourth-order valence-corrected chi connectivity index (χ4v) is 3.43. The number of halogens is 1. The first kappa shape index (κ1) is 20.5. The topological polar surface area (TPSA) is 78.5 Å². The highest BCUT2D eigenvalue weighted by molar-refractivity contribution is 6.09. The molecule has 2 aromatic carbocycles. The molecular weight excluding hydrogens is 373 g/mol. The standard InChI is InChI=1S/C22H24FN3O3/c1-21(2,16-11-7-8-12-17(16)23)14-24-18(27)13-26-19(28)22(3,25-20(26)29)15-9-5-4-6-10-15/h4-12H,13-14H2,1-3H3,(H,24,27)(H,25,29). The zero-order valence-corrected chi connectivity index (χ0v) is 16.7. The monoisotopic (exact) mass is 397 g/mol. The average Bonchev–Trinajstić information content (AvgIpc) is 2.91. The third-order valence-corrected chi connectivity index (χ3v) is 5.26. The predicted octanol–water partition coefficient (Wildman–Crippen LogP) is 2.69. The average molecular weight is 397 g/mol. The first-order chi connectivity index (χ1) is 13.6. The summed E-state index contributed by atoms with van der Waals surface area (Å²) in [6.45, 7) is 4.99. The highest BCUT2D eigenvalue weighted by Crippen LogP contribution is 2.28. The molecule has 0 saturated carbocycles. The van der Waals surface area contributed by atoms with Crippen LogP contribution in [-0.4, -0.2) is 35.8 Å². The minimum Gasteiger partial charge on any atom is -0.354 e. The molecular formula is C22H24FN3O3. The Morgan fingerprint density at radius 2 is 1.72 bits per heavy atom. The Hall–Kier alpha value is -3.22. The largest absolute Gasteiger partial charge is 0.354 e. The molecule has 0 aliphatic carbocycles. The summed E-state index contributed by atoms with van der Waals surface area (Å²) in [6.07, 6.45) is 0. The third kappa shape index (κ3) is 3.99. The van der Waals surface area contributed by atoms with E-state index in [-0.39, 0.29) is 12.4 Å². The Labute approximate surface area is 169 Å². The van der Waals surface area contributed by atoms with Crippen LogP contribution in [0.4, 0.5) is 9.18 Å². The van der Waals surface area contributed by atoms with E-state index in [0.29, 0.717) is 11.1 Å². The van der Waals surface area contributed by atoms with E-state index in [2.05, 4.69) is 10.6 Å². The van der Waals surface area contributed by atoms with Crippen molar-refractivity contribution >= 4 is 17.8 Å². The molecule has 7 heteroatoms. The lowest BCUT2D eigenvalue weighted by Crippen LogP contribution is -2.45. The van der Waals surface area contributed by atoms with Gasteiger partial charge in [-0.25, -0.2) is 9.18 Å². The highest BCUT2D eigenvalue weighted by atomic mass is 19.1. The van der Waals surface area contributed by atoms with Gasteiger partial charge in [-0.05, 0) is 24.1 Å². The lowest BCUT2D eigenvalue weighted by Gasteiger charge is -2.26. The number of imide groups is 1. The minimum atomic E-state index is -1.22. The summed E-state index contributed by atoms with van der Waals surface area (Å²) in [5, 5.41) is 5.37. The lowest BCUT2D eigenvalue weighted by molar-refractivity contribution is -0.134. The maximum absolute atomic E-state index is 14.1. The van der Waals surface area contributed by atoms with Gasteiger partial charge in [0, 0.05) is 12.0 Å². The van der Waals surface area contributed by atoms with Crippen molar-refractivity contribution in [3.63, 3.8) is 0 Å². The fourth-order valence-electron chi connectivity index (χ4n) is 3.43. The normalized spacial score (nSPS) is 19.2. The van der Waals surface area contributed by atoms with Crippen LogP contribution in [0.5, 0.6) is 0 Å². The van der Waals surface area contributed by atoms with Crippen molar-refractivity contribution in [1.29, 1.82) is 0 Å². The van der Waals surface area contributed by atoms with Crippen molar-refractivity contribution in [3.8, 4) is 0 Å². The van der Waals surface area contributed by atoms with Gasteiger partial charge < -0.3 is 10.6 Å². The summed E-state index contributed by atoms with van der Waals surface area (Å²) >= 11 is 0. The molecule has 1 heterocycles. The summed E-state index contributed by atoms with van der Waals surface area (Å²) in [7, 11) is 0. The van der Waals surface area contributed by atoms with E-state index >= 15 is 0 Å². The fraction of sp³-hybridized carbons (Fsp3) is 0.318. The molecule has 1 unspecified atom stereocenters. The summed E-state index contributed by atoms with van der Waals surface area (Å²) in [4.78, 5) is 38.5. The lowest BCUT2D eigenvalue weighted by atomic mass is 9.84. The van der Waals surface area contributed by atoms with Crippen LogP contribution in [0.1, 0.15) is 31.9 Å². The van der Waals surface area contributed by atoms with Crippen molar-refractivity contribution in [1.82, 2.24) is 15.5 Å². The van der Waals surface area contributed by atoms with E-state index in [9.17, 15) is 18.8 Å². The van der Waals surface area contributed by atoms with E-state index in [4.69, 9.17) is 0 Å². The van der Waals surface area contributed by atoms with Crippen LogP contribution in [0.2, 0.25) is 0 Å². The Kier molecular flexibility index (Phi) is 5.42. The van der Waals surface area contributed by atoms with Gasteiger partial charge in [-0.15, -0.1) is 0 Å². The van der Waals surface area contributed by atoms with Gasteiger partial charge in [-0.1, -0.05) is 62.4 Å². The number of nitrogens with zero attached hydrogens (tertiary/aromatic N) is 1. The number of amides is 4. The number of carbonyl (C=O) groups excluding carboxylic acids is 3. The van der Waals surface area contributed by atoms with E-state index in [1.165, 1.54) is 6.07 Å². The molecule has 3 rings (SSSR count). The molecule has 4 amide bonds. The van der Waals surface area contributed by atoms with E-state index in [1.807, 2.05) is 19.9 Å². The molecule has 152 valence electrons. The Morgan fingerprint density at radius 3 is 2.38 bits per heavy atom. The third-order valence-electron chi connectivity index (χ3n) is 5.26. The molecule has 29 heavy (non-hydrogen) atoms. The van der Waals surface area contributed by atoms with E-state index < -0.39 is 35.3 Å². The highest BCUT2D eigenvalue weighted by Gasteiger charge is 2.49. The molecule has 2 N–H and O–H groups in total. The van der Waals surface area contributed by atoms with Crippen molar-refractivity contribution in [3.05, 3.63) is 71.5 Å². The maximum atomic E-state index is 14.1. The summed E-state index contributed by atoms with van der Waals surface area (Å²) < 4.78 is 14.1. The Morgan fingerprint density at radius 1 is 1.10 bits per heavy atom. The SMILES string of the molecule is CC(C)(CNC(=O)CN1C(=O)NC(C)(c2ccccc2)C1=O)c1ccccc1F. The van der Waals surface area contributed by atoms with Crippen LogP contribution in [0.15, 0.2) is 54.6 Å². The number of carbonyl (C=O) groups is 3. The molecule has 1 aliphatic rings. The van der Waals surface area contributed by atoms with Crippen LogP contribution in [0.25, 0.3) is 0 Å². The Bertz CT molecular complexity index is 945. The van der Waals surface area contributed by atoms with Crippen LogP contribution >= 0.6 is 0 Å². The van der Waals surface area contributed by atoms with Gasteiger partial charge in [0.25, 0.3) is 5.91 Å². The summed E-state index contributed by atoms with van der Waals surface area (Å²) in [5.41, 5.74) is -0.754. The molecule has 0 spiro atoms. The molecule has 0 bridgehead atoms. The van der Waals surface area contributed by atoms with Crippen molar-refractivity contribution < 1.29 is 18.8 Å². The first-order valence-electron chi connectivity index (χ1n) is 9.36. The van der Waals surface area contributed by atoms with Crippen molar-refractivity contribution in [2.24, 2.45) is 0 Å². The maximum Gasteiger partial charge on any atom is 0.325 e. The smallest absolute Gasteiger partial charge is 0.325 e. The molecule has 1 atom stereocenters. The zero-order valence-electron chi connectivity index (χ0n) is 16.7. The summed E-state index contributed by atoms with van der Waals surface area (Å²) in [5.74, 6) is -1.33. The number of hydrogen-bond donors (Lipinski definition) is 2. The van der Waals surface area contributed by atoms with Gasteiger partial charge in [-0.3, -0.25) is 14.5 Å². The van der Waals surface area contributed by atoms with Crippen LogP contribution < -0.4 is 10.6 Å². The second kappa shape index (κ2) is 7.66. The molecule has 1 saturated heterocycles. The second-order valence-corrected chi connectivity index (χ2v) is 7.95. The van der Waals surface area contributed by atoms with Crippen molar-refractivity contribution in [2.45, 2.75) is 31.7 Å². The number of hydrogen-bond acceptors (Lipinski definition) is 3. The van der Waals surface area contributed by atoms with Crippen LogP contribution in [0.3, 0.4) is 0 Å². The minimum absolute atomic E-state index is 0.159. The predicted molar refractivity (Wildman–Crippen MR) is 106 cm³/mol. The Balaban J connectivity index is 1.66. The number of benzene rings is 2. The van der Waals surface area contributed by atoms with Gasteiger partial charge in [0.2, 0.25) is 5.91 Å². The van der Waals surface area contributed by atoms with Crippen LogP contribution in [0, 0.1) is 5.82 Å².